The number of fused-ring (bicyclic) bond motifs is 3. The van der Waals surface area contributed by atoms with Crippen molar-refractivity contribution in [3.63, 3.8) is 0 Å². The summed E-state index contributed by atoms with van der Waals surface area (Å²) in [6, 6.07) is 6.38. The van der Waals surface area contributed by atoms with Crippen molar-refractivity contribution < 1.29 is 37.5 Å². The van der Waals surface area contributed by atoms with E-state index in [0.717, 1.165) is 16.1 Å². The van der Waals surface area contributed by atoms with Gasteiger partial charge in [-0.1, -0.05) is 39.2 Å². The number of nitrogens with zero attached hydrogens (tertiary/aromatic N) is 3. The summed E-state index contributed by atoms with van der Waals surface area (Å²) in [4.78, 5) is 58.0. The van der Waals surface area contributed by atoms with Gasteiger partial charge >= 0.3 is 6.18 Å². The number of rotatable bonds is 3. The van der Waals surface area contributed by atoms with Crippen LogP contribution in [0, 0.1) is 17.8 Å². The smallest absolute Gasteiger partial charge is 0.433 e. The molecule has 2 aromatic rings. The standard InChI is InChI=1S/C29H19Br2ClF3N3O5/c1-37(26-18(32)5-7-21(36-26)29(33,34)35)38-27(42)13-4-3-12-14(23(13)28(38)43)9-16-24(20(40)10-17(31)25(16)41)22(12)15-8-11(30)2-6-19(15)39/h2-3,5-8,10,13-14,22-23,39H,4,9H2,1H3. The van der Waals surface area contributed by atoms with Gasteiger partial charge < -0.3 is 5.11 Å². The molecular formula is C29H19Br2ClF3N3O5. The number of hydrogen-bond acceptors (Lipinski definition) is 7. The summed E-state index contributed by atoms with van der Waals surface area (Å²) < 4.78 is 40.9. The van der Waals surface area contributed by atoms with Gasteiger partial charge in [-0.15, -0.1) is 0 Å². The average Bonchev–Trinajstić information content (AvgIpc) is 3.20. The SMILES string of the molecule is CN(c1nc(C(F)(F)F)ccc1Cl)N1C(=O)C2CC=C3C(c4cc(Br)ccc4O)C4=C(CC3C2C1=O)C(=O)C(Br)=CC4=O. The summed E-state index contributed by atoms with van der Waals surface area (Å²) in [5.74, 6) is -6.28. The second kappa shape index (κ2) is 10.4. The number of Topliss-reactive ketones (excluding diaryl/α,β-unsaturated/α-hetero) is 1. The van der Waals surface area contributed by atoms with E-state index in [9.17, 15) is 37.5 Å². The highest BCUT2D eigenvalue weighted by molar-refractivity contribution is 9.12. The maximum absolute atomic E-state index is 14.0. The van der Waals surface area contributed by atoms with Gasteiger partial charge in [0.05, 0.1) is 21.3 Å². The molecule has 1 fully saturated rings. The lowest BCUT2D eigenvalue weighted by Crippen LogP contribution is -2.46. The quantitative estimate of drug-likeness (QED) is 0.233. The summed E-state index contributed by atoms with van der Waals surface area (Å²) in [7, 11) is 1.23. The van der Waals surface area contributed by atoms with Crippen LogP contribution in [0.15, 0.2) is 68.2 Å². The number of ketones is 2. The number of hydrogen-bond donors (Lipinski definition) is 1. The molecule has 43 heavy (non-hydrogen) atoms. The Balaban J connectivity index is 1.45. The molecule has 4 atom stereocenters. The van der Waals surface area contributed by atoms with Crippen LogP contribution in [-0.4, -0.2) is 45.5 Å². The van der Waals surface area contributed by atoms with Gasteiger partial charge in [-0.05, 0) is 65.0 Å². The first-order chi connectivity index (χ1) is 20.2. The fraction of sp³-hybridized carbons (Fsp3) is 0.276. The van der Waals surface area contributed by atoms with E-state index in [4.69, 9.17) is 11.6 Å². The predicted molar refractivity (Wildman–Crippen MR) is 155 cm³/mol. The maximum atomic E-state index is 14.0. The molecule has 0 spiro atoms. The minimum atomic E-state index is -4.79. The third-order valence-corrected chi connectivity index (χ3v) is 9.71. The lowest BCUT2D eigenvalue weighted by molar-refractivity contribution is -0.141. The molecule has 8 nitrogen and oxygen atoms in total. The Bertz CT molecular complexity index is 1750. The van der Waals surface area contributed by atoms with Gasteiger partial charge in [-0.3, -0.25) is 24.2 Å². The van der Waals surface area contributed by atoms with Gasteiger partial charge in [0.15, 0.2) is 17.4 Å². The van der Waals surface area contributed by atoms with Gasteiger partial charge in [-0.2, -0.15) is 18.2 Å². The summed E-state index contributed by atoms with van der Waals surface area (Å²) in [5, 5.41) is 12.3. The number of anilines is 1. The van der Waals surface area contributed by atoms with E-state index in [2.05, 4.69) is 36.8 Å². The van der Waals surface area contributed by atoms with Crippen molar-refractivity contribution in [3.8, 4) is 5.75 Å². The Morgan fingerprint density at radius 3 is 2.49 bits per heavy atom. The first kappa shape index (κ1) is 29.8. The van der Waals surface area contributed by atoms with Crippen molar-refractivity contribution in [1.29, 1.82) is 0 Å². The number of aromatic hydroxyl groups is 1. The van der Waals surface area contributed by atoms with Crippen LogP contribution in [0.3, 0.4) is 0 Å². The Labute approximate surface area is 264 Å². The van der Waals surface area contributed by atoms with E-state index in [1.807, 2.05) is 0 Å². The van der Waals surface area contributed by atoms with Crippen molar-refractivity contribution in [2.45, 2.75) is 24.9 Å². The molecule has 1 aromatic heterocycles. The molecule has 2 heterocycles. The average molecular weight is 742 g/mol. The van der Waals surface area contributed by atoms with Crippen molar-refractivity contribution in [1.82, 2.24) is 9.99 Å². The number of pyridine rings is 1. The van der Waals surface area contributed by atoms with Gasteiger partial charge in [-0.25, -0.2) is 4.98 Å². The highest BCUT2D eigenvalue weighted by Gasteiger charge is 2.58. The molecule has 3 aliphatic carbocycles. The number of aromatic nitrogens is 1. The topological polar surface area (TPSA) is 108 Å². The number of phenolic OH excluding ortho intramolecular Hbond substituents is 1. The number of amides is 2. The molecule has 222 valence electrons. The van der Waals surface area contributed by atoms with Crippen molar-refractivity contribution >= 4 is 72.7 Å². The predicted octanol–water partition coefficient (Wildman–Crippen LogP) is 6.04. The summed E-state index contributed by atoms with van der Waals surface area (Å²) in [6.07, 6.45) is -1.79. The normalized spacial score (nSPS) is 25.3. The molecule has 0 bridgehead atoms. The zero-order valence-electron chi connectivity index (χ0n) is 22.0. The Kier molecular flexibility index (Phi) is 7.21. The van der Waals surface area contributed by atoms with Crippen LogP contribution < -0.4 is 5.01 Å². The second-order valence-corrected chi connectivity index (χ2v) is 12.8. The Morgan fingerprint density at radius 1 is 1.07 bits per heavy atom. The van der Waals surface area contributed by atoms with E-state index in [1.165, 1.54) is 19.2 Å². The third kappa shape index (κ3) is 4.67. The fourth-order valence-corrected chi connectivity index (χ4v) is 7.56. The highest BCUT2D eigenvalue weighted by Crippen LogP contribution is 2.56. The molecule has 1 aliphatic heterocycles. The Morgan fingerprint density at radius 2 is 1.79 bits per heavy atom. The Hall–Kier alpha value is -3.29. The van der Waals surface area contributed by atoms with Gasteiger partial charge in [0.25, 0.3) is 11.8 Å². The molecular weight excluding hydrogens is 723 g/mol. The van der Waals surface area contributed by atoms with Crippen LogP contribution in [0.2, 0.25) is 5.02 Å². The molecule has 1 saturated heterocycles. The minimum Gasteiger partial charge on any atom is -0.508 e. The number of hydrazine groups is 1. The van der Waals surface area contributed by atoms with Gasteiger partial charge in [0.2, 0.25) is 0 Å². The molecule has 0 saturated carbocycles. The largest absolute Gasteiger partial charge is 0.508 e. The van der Waals surface area contributed by atoms with Crippen LogP contribution in [-0.2, 0) is 25.4 Å². The first-order valence-corrected chi connectivity index (χ1v) is 14.9. The number of carbonyl (C=O) groups is 4. The lowest BCUT2D eigenvalue weighted by atomic mass is 9.59. The van der Waals surface area contributed by atoms with E-state index in [-0.39, 0.29) is 39.2 Å². The van der Waals surface area contributed by atoms with Crippen molar-refractivity contribution in [2.75, 3.05) is 12.1 Å². The van der Waals surface area contributed by atoms with Crippen molar-refractivity contribution in [3.05, 3.63) is 84.4 Å². The monoisotopic (exact) mass is 739 g/mol. The van der Waals surface area contributed by atoms with Crippen LogP contribution >= 0.6 is 43.5 Å². The van der Waals surface area contributed by atoms with Crippen LogP contribution in [0.1, 0.15) is 30.0 Å². The van der Waals surface area contributed by atoms with E-state index >= 15 is 0 Å². The molecule has 14 heteroatoms. The van der Waals surface area contributed by atoms with Crippen LogP contribution in [0.25, 0.3) is 0 Å². The lowest BCUT2D eigenvalue weighted by Gasteiger charge is -2.42. The van der Waals surface area contributed by atoms with E-state index in [0.29, 0.717) is 21.7 Å². The third-order valence-electron chi connectivity index (χ3n) is 8.33. The number of benzene rings is 1. The molecule has 1 N–H and O–H groups in total. The summed E-state index contributed by atoms with van der Waals surface area (Å²) >= 11 is 12.7. The summed E-state index contributed by atoms with van der Waals surface area (Å²) in [5.41, 5.74) is 0.0487. The van der Waals surface area contributed by atoms with Crippen LogP contribution in [0.5, 0.6) is 5.75 Å². The maximum Gasteiger partial charge on any atom is 0.433 e. The fourth-order valence-electron chi connectivity index (χ4n) is 6.51. The number of carbonyl (C=O) groups excluding carboxylic acids is 4. The number of phenols is 1. The zero-order valence-corrected chi connectivity index (χ0v) is 25.9. The summed E-state index contributed by atoms with van der Waals surface area (Å²) in [6.45, 7) is 0. The molecule has 6 rings (SSSR count). The molecule has 0 radical (unpaired) electrons. The molecule has 4 unspecified atom stereocenters. The minimum absolute atomic E-state index is 0.0275. The zero-order chi connectivity index (χ0) is 31.1. The second-order valence-electron chi connectivity index (χ2n) is 10.6. The van der Waals surface area contributed by atoms with Crippen LogP contribution in [0.4, 0.5) is 19.0 Å². The highest BCUT2D eigenvalue weighted by atomic mass is 79.9. The molecule has 2 amide bonds. The first-order valence-electron chi connectivity index (χ1n) is 12.9. The number of halogens is 6. The number of allylic oxidation sites excluding steroid dienone is 6. The van der Waals surface area contributed by atoms with Gasteiger partial charge in [0.1, 0.15) is 11.4 Å². The van der Waals surface area contributed by atoms with Gasteiger partial charge in [0, 0.05) is 40.2 Å². The van der Waals surface area contributed by atoms with E-state index < -0.39 is 64.7 Å². The van der Waals surface area contributed by atoms with Crippen molar-refractivity contribution in [2.24, 2.45) is 17.8 Å². The van der Waals surface area contributed by atoms with E-state index in [1.54, 1.807) is 18.2 Å². The molecule has 1 aromatic carbocycles. The molecule has 4 aliphatic rings. The number of imide groups is 1. The number of alkyl halides is 3.